The second kappa shape index (κ2) is 5.59. The first kappa shape index (κ1) is 14.8. The largest absolute Gasteiger partial charge is 0.273 e. The van der Waals surface area contributed by atoms with Crippen LogP contribution < -0.4 is 0 Å². The maximum atomic E-state index is 12.2. The lowest BCUT2D eigenvalue weighted by Gasteiger charge is -2.12. The molecule has 3 rings (SSSR count). The van der Waals surface area contributed by atoms with E-state index >= 15 is 0 Å². The normalized spacial score (nSPS) is 10.9. The second-order valence-corrected chi connectivity index (χ2v) is 6.36. The fourth-order valence-corrected chi connectivity index (χ4v) is 3.61. The summed E-state index contributed by atoms with van der Waals surface area (Å²) in [5.74, 6) is -0.493. The summed E-state index contributed by atoms with van der Waals surface area (Å²) >= 11 is 7.60. The van der Waals surface area contributed by atoms with E-state index in [1.807, 2.05) is 30.3 Å². The van der Waals surface area contributed by atoms with Crippen LogP contribution in [-0.2, 0) is 0 Å². The molecule has 2 aromatic carbocycles. The van der Waals surface area contributed by atoms with Crippen molar-refractivity contribution in [3.63, 3.8) is 0 Å². The molecule has 0 spiro atoms. The van der Waals surface area contributed by atoms with Crippen molar-refractivity contribution in [2.75, 3.05) is 0 Å². The van der Waals surface area contributed by atoms with Crippen LogP contribution in [0.1, 0.15) is 23.4 Å². The molecule has 0 bridgehead atoms. The smallest absolute Gasteiger partial charge is 0.243 e. The number of carbonyl (C=O) groups is 2. The zero-order valence-corrected chi connectivity index (χ0v) is 13.6. The quantitative estimate of drug-likeness (QED) is 0.596. The molecule has 0 saturated heterocycles. The Morgan fingerprint density at radius 2 is 1.50 bits per heavy atom. The minimum Gasteiger partial charge on any atom is -0.273 e. The topological polar surface area (TPSA) is 44.0 Å². The van der Waals surface area contributed by atoms with E-state index in [2.05, 4.69) is 0 Å². The number of halogens is 1. The van der Waals surface area contributed by atoms with Gasteiger partial charge in [0.25, 0.3) is 0 Å². The van der Waals surface area contributed by atoms with Gasteiger partial charge in [-0.3, -0.25) is 9.59 Å². The molecule has 3 aromatic rings. The molecule has 22 heavy (non-hydrogen) atoms. The molecule has 0 unspecified atom stereocenters. The molecule has 6 heteroatoms. The van der Waals surface area contributed by atoms with E-state index in [-0.39, 0.29) is 11.8 Å². The molecule has 112 valence electrons. The van der Waals surface area contributed by atoms with Crippen molar-refractivity contribution in [1.29, 1.82) is 0 Å². The average molecular weight is 333 g/mol. The number of hydrogen-bond acceptors (Lipinski definition) is 3. The Morgan fingerprint density at radius 1 is 0.909 bits per heavy atom. The third-order valence-corrected chi connectivity index (χ3v) is 4.62. The Hall–Kier alpha value is -2.11. The SMILES string of the molecule is CC(=O)n1c2ccccc2sc2ccc(Cl)cc2n1C(C)=O. The molecule has 1 aromatic heterocycles. The van der Waals surface area contributed by atoms with Gasteiger partial charge >= 0.3 is 0 Å². The summed E-state index contributed by atoms with van der Waals surface area (Å²) in [5, 5.41) is 0.514. The number of nitrogens with zero attached hydrogens (tertiary/aromatic N) is 2. The van der Waals surface area contributed by atoms with Crippen molar-refractivity contribution in [3.05, 3.63) is 47.5 Å². The van der Waals surface area contributed by atoms with Crippen LogP contribution >= 0.6 is 22.9 Å². The minimum absolute atomic E-state index is 0.240. The average Bonchev–Trinajstić information content (AvgIpc) is 2.61. The second-order valence-electron chi connectivity index (χ2n) is 4.84. The molecular formula is C16H13ClN2O2S. The van der Waals surface area contributed by atoms with Crippen molar-refractivity contribution in [2.24, 2.45) is 0 Å². The van der Waals surface area contributed by atoms with Gasteiger partial charge in [-0.15, -0.1) is 11.3 Å². The van der Waals surface area contributed by atoms with E-state index in [9.17, 15) is 9.59 Å². The highest BCUT2D eigenvalue weighted by Gasteiger charge is 2.13. The highest BCUT2D eigenvalue weighted by molar-refractivity contribution is 7.24. The summed E-state index contributed by atoms with van der Waals surface area (Å²) in [7, 11) is 0. The van der Waals surface area contributed by atoms with Gasteiger partial charge in [0.2, 0.25) is 11.8 Å². The highest BCUT2D eigenvalue weighted by atomic mass is 35.5. The minimum atomic E-state index is -0.254. The van der Waals surface area contributed by atoms with E-state index in [0.717, 1.165) is 9.40 Å². The lowest BCUT2D eigenvalue weighted by molar-refractivity contribution is 0.0831. The fourth-order valence-electron chi connectivity index (χ4n) is 2.42. The number of aromatic nitrogens is 2. The molecule has 0 aliphatic rings. The monoisotopic (exact) mass is 332 g/mol. The Morgan fingerprint density at radius 3 is 2.18 bits per heavy atom. The summed E-state index contributed by atoms with van der Waals surface area (Å²) in [5.41, 5.74) is 1.29. The van der Waals surface area contributed by atoms with E-state index in [1.165, 1.54) is 34.5 Å². The van der Waals surface area contributed by atoms with Crippen LogP contribution in [0.3, 0.4) is 0 Å². The third kappa shape index (κ3) is 2.42. The predicted octanol–water partition coefficient (Wildman–Crippen LogP) is 4.76. The van der Waals surface area contributed by atoms with E-state index in [1.54, 1.807) is 12.1 Å². The Bertz CT molecular complexity index is 963. The van der Waals surface area contributed by atoms with Gasteiger partial charge in [-0.05, 0) is 30.3 Å². The van der Waals surface area contributed by atoms with Crippen molar-refractivity contribution in [2.45, 2.75) is 13.8 Å². The maximum Gasteiger partial charge on any atom is 0.243 e. The predicted molar refractivity (Wildman–Crippen MR) is 90.6 cm³/mol. The summed E-state index contributed by atoms with van der Waals surface area (Å²) in [4.78, 5) is 24.4. The van der Waals surface area contributed by atoms with Gasteiger partial charge in [-0.1, -0.05) is 23.7 Å². The molecular weight excluding hydrogens is 320 g/mol. The molecule has 0 aliphatic carbocycles. The molecule has 0 saturated carbocycles. The van der Waals surface area contributed by atoms with Gasteiger partial charge < -0.3 is 0 Å². The van der Waals surface area contributed by atoms with Gasteiger partial charge in [0, 0.05) is 18.9 Å². The van der Waals surface area contributed by atoms with Crippen LogP contribution in [0.4, 0.5) is 0 Å². The summed E-state index contributed by atoms with van der Waals surface area (Å²) < 4.78 is 4.55. The number of fused-ring (bicyclic) bond motifs is 2. The lowest BCUT2D eigenvalue weighted by Crippen LogP contribution is -2.24. The van der Waals surface area contributed by atoms with Crippen molar-refractivity contribution in [1.82, 2.24) is 9.36 Å². The van der Waals surface area contributed by atoms with Gasteiger partial charge in [-0.2, -0.15) is 0 Å². The number of rotatable bonds is 0. The summed E-state index contributed by atoms with van der Waals surface area (Å²) in [6.07, 6.45) is 0. The molecule has 0 N–H and O–H groups in total. The molecule has 0 fully saturated rings. The van der Waals surface area contributed by atoms with Crippen molar-refractivity contribution >= 4 is 55.2 Å². The van der Waals surface area contributed by atoms with Gasteiger partial charge in [0.1, 0.15) is 0 Å². The Labute approximate surface area is 135 Å². The van der Waals surface area contributed by atoms with Crippen LogP contribution in [0, 0.1) is 0 Å². The fraction of sp³-hybridized carbons (Fsp3) is 0.125. The first-order valence-corrected chi connectivity index (χ1v) is 7.86. The number of hydrogen-bond donors (Lipinski definition) is 0. The first-order chi connectivity index (χ1) is 10.5. The lowest BCUT2D eigenvalue weighted by atomic mass is 10.3. The molecule has 4 nitrogen and oxygen atoms in total. The Balaban J connectivity index is 2.72. The van der Waals surface area contributed by atoms with Crippen molar-refractivity contribution in [3.8, 4) is 0 Å². The van der Waals surface area contributed by atoms with Gasteiger partial charge in [0.15, 0.2) is 0 Å². The standard InChI is InChI=1S/C16H13ClN2O2S/c1-10(20)18-13-5-3-4-6-15(13)22-16-8-7-12(17)9-14(16)19(18)11(2)21/h3-9H,1-2H3. The zero-order valence-electron chi connectivity index (χ0n) is 12.0. The Kier molecular flexibility index (Phi) is 3.76. The molecule has 1 heterocycles. The van der Waals surface area contributed by atoms with Crippen LogP contribution in [0.5, 0.6) is 0 Å². The third-order valence-electron chi connectivity index (χ3n) is 3.26. The van der Waals surface area contributed by atoms with Crippen LogP contribution in [-0.4, -0.2) is 21.2 Å². The summed E-state index contributed by atoms with van der Waals surface area (Å²) in [6, 6.07) is 12.8. The number of para-hydroxylation sites is 1. The van der Waals surface area contributed by atoms with Gasteiger partial charge in [0.05, 0.1) is 20.4 Å². The number of carbonyl (C=O) groups excluding carboxylic acids is 2. The van der Waals surface area contributed by atoms with E-state index < -0.39 is 0 Å². The van der Waals surface area contributed by atoms with Crippen LogP contribution in [0.2, 0.25) is 5.02 Å². The first-order valence-electron chi connectivity index (χ1n) is 6.67. The van der Waals surface area contributed by atoms with Crippen LogP contribution in [0.15, 0.2) is 42.5 Å². The maximum absolute atomic E-state index is 12.2. The van der Waals surface area contributed by atoms with E-state index in [0.29, 0.717) is 16.1 Å². The van der Waals surface area contributed by atoms with Gasteiger partial charge in [-0.25, -0.2) is 9.36 Å². The molecule has 0 atom stereocenters. The number of benzene rings is 2. The van der Waals surface area contributed by atoms with Crippen molar-refractivity contribution < 1.29 is 9.59 Å². The van der Waals surface area contributed by atoms with E-state index in [4.69, 9.17) is 11.6 Å². The van der Waals surface area contributed by atoms with Crippen LogP contribution in [0.25, 0.3) is 20.4 Å². The molecule has 0 amide bonds. The molecule has 0 aliphatic heterocycles. The highest BCUT2D eigenvalue weighted by Crippen LogP contribution is 2.28. The summed E-state index contributed by atoms with van der Waals surface area (Å²) in [6.45, 7) is 2.87. The zero-order chi connectivity index (χ0) is 15.9. The molecule has 0 radical (unpaired) electrons.